The van der Waals surface area contributed by atoms with Gasteiger partial charge in [-0.2, -0.15) is 23.4 Å². The molecule has 1 saturated carbocycles. The monoisotopic (exact) mass is 596 g/mol. The number of aromatic nitrogens is 6. The number of aryl methyl sites for hydroxylation is 2. The molecule has 15 heteroatoms. The molecule has 0 aromatic carbocycles. The summed E-state index contributed by atoms with van der Waals surface area (Å²) < 4.78 is 71.0. The topological polar surface area (TPSA) is 119 Å². The highest BCUT2D eigenvalue weighted by Crippen LogP contribution is 2.41. The summed E-state index contributed by atoms with van der Waals surface area (Å²) >= 11 is 0. The average Bonchev–Trinajstić information content (AvgIpc) is 3.58. The Morgan fingerprint density at radius 3 is 2.60 bits per heavy atom. The van der Waals surface area contributed by atoms with Crippen LogP contribution in [0.5, 0.6) is 0 Å². The third-order valence-electron chi connectivity index (χ3n) is 8.27. The van der Waals surface area contributed by atoms with Crippen LogP contribution < -0.4 is 10.6 Å². The van der Waals surface area contributed by atoms with Crippen molar-refractivity contribution in [3.63, 3.8) is 0 Å². The van der Waals surface area contributed by atoms with Crippen LogP contribution in [0.15, 0.2) is 18.5 Å². The Labute approximate surface area is 238 Å². The lowest BCUT2D eigenvalue weighted by Crippen LogP contribution is -2.47. The number of piperidine rings is 1. The predicted octanol–water partition coefficient (Wildman–Crippen LogP) is 4.06. The van der Waals surface area contributed by atoms with Crippen LogP contribution >= 0.6 is 0 Å². The summed E-state index contributed by atoms with van der Waals surface area (Å²) in [5.41, 5.74) is 1.57. The van der Waals surface area contributed by atoms with Gasteiger partial charge in [0.25, 0.3) is 11.7 Å². The van der Waals surface area contributed by atoms with Crippen LogP contribution in [0.3, 0.4) is 0 Å². The molecule has 3 atom stereocenters. The highest BCUT2D eigenvalue weighted by atomic mass is 19.4. The average molecular weight is 597 g/mol. The number of amides is 2. The van der Waals surface area contributed by atoms with Crippen LogP contribution in [0.2, 0.25) is 0 Å². The van der Waals surface area contributed by atoms with E-state index in [-0.39, 0.29) is 50.2 Å². The molecule has 2 amide bonds. The highest BCUT2D eigenvalue weighted by molar-refractivity contribution is 5.92. The molecule has 3 aromatic rings. The van der Waals surface area contributed by atoms with E-state index >= 15 is 0 Å². The molecule has 0 unspecified atom stereocenters. The lowest BCUT2D eigenvalue weighted by Gasteiger charge is -2.33. The first-order valence-electron chi connectivity index (χ1n) is 14.2. The Morgan fingerprint density at radius 2 is 1.93 bits per heavy atom. The number of nitrogens with one attached hydrogen (secondary N) is 2. The number of imidazole rings is 1. The molecule has 3 aromatic heterocycles. The maximum absolute atomic E-state index is 14.0. The fourth-order valence-electron chi connectivity index (χ4n) is 5.88. The third-order valence-corrected chi connectivity index (χ3v) is 8.27. The minimum atomic E-state index is -4.42. The molecule has 0 bridgehead atoms. The van der Waals surface area contributed by atoms with Gasteiger partial charge in [-0.3, -0.25) is 14.3 Å². The fourth-order valence-corrected chi connectivity index (χ4v) is 5.88. The standard InChI is InChI=1S/C27H33F5N8O2/c1-3-18-19(12-16-11-17(27(30,31)32)13-33-23(16)41)38-40-14-20(36-25(40)35-18)22(15-5-8-26(28,29)9-6-15)37-24(42)21-7-10-34-39(21)4-2/h7,10,14-17,22H,3-6,8-9,11-13H2,1-2H3,(H,33,41)(H,37,42)/t16-,17-,22+/m1/s1. The maximum atomic E-state index is 14.0. The van der Waals surface area contributed by atoms with Crippen molar-refractivity contribution < 1.29 is 31.5 Å². The third kappa shape index (κ3) is 6.24. The van der Waals surface area contributed by atoms with Crippen LogP contribution in [0, 0.1) is 17.8 Å². The van der Waals surface area contributed by atoms with Crippen molar-refractivity contribution >= 4 is 17.6 Å². The molecule has 5 rings (SSSR count). The quantitative estimate of drug-likeness (QED) is 0.379. The number of fused-ring (bicyclic) bond motifs is 1. The first kappa shape index (κ1) is 29.8. The van der Waals surface area contributed by atoms with E-state index in [0.29, 0.717) is 35.7 Å². The largest absolute Gasteiger partial charge is 0.393 e. The first-order valence-corrected chi connectivity index (χ1v) is 14.2. The zero-order chi connectivity index (χ0) is 30.2. The molecule has 228 valence electrons. The van der Waals surface area contributed by atoms with E-state index < -0.39 is 48.3 Å². The molecule has 2 fully saturated rings. The van der Waals surface area contributed by atoms with Gasteiger partial charge >= 0.3 is 6.18 Å². The second-order valence-corrected chi connectivity index (χ2v) is 11.1. The SMILES string of the molecule is CCc1nc2nc([C@@H](NC(=O)c3ccnn3CC)C3CCC(F)(F)CC3)cn2nc1C[C@H]1C[C@@H](C(F)(F)F)CNC1=O. The summed E-state index contributed by atoms with van der Waals surface area (Å²) in [6.45, 7) is 3.67. The number of hydrogen-bond acceptors (Lipinski definition) is 6. The number of halogens is 5. The van der Waals surface area contributed by atoms with Gasteiger partial charge in [-0.25, -0.2) is 23.3 Å². The van der Waals surface area contributed by atoms with Gasteiger partial charge in [-0.1, -0.05) is 6.92 Å². The van der Waals surface area contributed by atoms with Crippen molar-refractivity contribution in [3.05, 3.63) is 41.2 Å². The molecule has 1 saturated heterocycles. The van der Waals surface area contributed by atoms with Crippen molar-refractivity contribution in [1.82, 2.24) is 40.0 Å². The van der Waals surface area contributed by atoms with Gasteiger partial charge in [-0.15, -0.1) is 0 Å². The summed E-state index contributed by atoms with van der Waals surface area (Å²) in [4.78, 5) is 34.9. The number of carbonyl (C=O) groups is 2. The van der Waals surface area contributed by atoms with Crippen LogP contribution in [-0.2, 0) is 24.2 Å². The molecule has 1 aliphatic heterocycles. The summed E-state index contributed by atoms with van der Waals surface area (Å²) in [6, 6.07) is 0.852. The van der Waals surface area contributed by atoms with Crippen molar-refractivity contribution in [2.24, 2.45) is 17.8 Å². The number of rotatable bonds is 8. The first-order chi connectivity index (χ1) is 19.9. The smallest absolute Gasteiger partial charge is 0.355 e. The molecular formula is C27H33F5N8O2. The molecule has 2 aliphatic rings. The number of nitrogens with zero attached hydrogens (tertiary/aromatic N) is 6. The van der Waals surface area contributed by atoms with Crippen LogP contribution in [0.4, 0.5) is 22.0 Å². The molecule has 2 N–H and O–H groups in total. The summed E-state index contributed by atoms with van der Waals surface area (Å²) in [6.07, 6.45) is -1.63. The van der Waals surface area contributed by atoms with Crippen molar-refractivity contribution in [2.75, 3.05) is 6.54 Å². The van der Waals surface area contributed by atoms with Crippen molar-refractivity contribution in [1.29, 1.82) is 0 Å². The molecule has 1 aliphatic carbocycles. The highest BCUT2D eigenvalue weighted by Gasteiger charge is 2.45. The second kappa shape index (κ2) is 11.6. The van der Waals surface area contributed by atoms with Gasteiger partial charge in [0.15, 0.2) is 0 Å². The lowest BCUT2D eigenvalue weighted by atomic mass is 9.81. The summed E-state index contributed by atoms with van der Waals surface area (Å²) in [7, 11) is 0. The lowest BCUT2D eigenvalue weighted by molar-refractivity contribution is -0.183. The summed E-state index contributed by atoms with van der Waals surface area (Å²) in [5, 5.41) is 14.0. The Hall–Kier alpha value is -3.65. The van der Waals surface area contributed by atoms with E-state index in [1.807, 2.05) is 13.8 Å². The van der Waals surface area contributed by atoms with Crippen LogP contribution in [0.25, 0.3) is 5.78 Å². The Balaban J connectivity index is 1.45. The zero-order valence-electron chi connectivity index (χ0n) is 23.3. The number of carbonyl (C=O) groups excluding carboxylic acids is 2. The van der Waals surface area contributed by atoms with Gasteiger partial charge in [0.05, 0.1) is 35.2 Å². The second-order valence-electron chi connectivity index (χ2n) is 11.1. The van der Waals surface area contributed by atoms with Gasteiger partial charge in [0.2, 0.25) is 11.8 Å². The summed E-state index contributed by atoms with van der Waals surface area (Å²) in [5.74, 6) is -6.35. The minimum absolute atomic E-state index is 0.0308. The maximum Gasteiger partial charge on any atom is 0.393 e. The molecule has 0 spiro atoms. The molecule has 10 nitrogen and oxygen atoms in total. The van der Waals surface area contributed by atoms with E-state index in [0.717, 1.165) is 0 Å². The van der Waals surface area contributed by atoms with Crippen LogP contribution in [0.1, 0.15) is 79.6 Å². The van der Waals surface area contributed by atoms with Gasteiger partial charge < -0.3 is 10.6 Å². The predicted molar refractivity (Wildman–Crippen MR) is 140 cm³/mol. The fraction of sp³-hybridized carbons (Fsp3) is 0.630. The van der Waals surface area contributed by atoms with E-state index in [9.17, 15) is 31.5 Å². The van der Waals surface area contributed by atoms with E-state index in [1.54, 1.807) is 12.3 Å². The molecular weight excluding hydrogens is 563 g/mol. The number of hydrogen-bond donors (Lipinski definition) is 2. The van der Waals surface area contributed by atoms with E-state index in [2.05, 4.69) is 30.8 Å². The normalized spacial score (nSPS) is 22.2. The number of alkyl halides is 5. The Kier molecular flexibility index (Phi) is 8.21. The van der Waals surface area contributed by atoms with Gasteiger partial charge in [-0.05, 0) is 44.6 Å². The minimum Gasteiger partial charge on any atom is -0.355 e. The molecule has 42 heavy (non-hydrogen) atoms. The van der Waals surface area contributed by atoms with Gasteiger partial charge in [0, 0.05) is 44.5 Å². The van der Waals surface area contributed by atoms with E-state index in [1.165, 1.54) is 15.4 Å². The Morgan fingerprint density at radius 1 is 1.19 bits per heavy atom. The van der Waals surface area contributed by atoms with Gasteiger partial charge in [0.1, 0.15) is 5.69 Å². The van der Waals surface area contributed by atoms with E-state index in [4.69, 9.17) is 0 Å². The Bertz CT molecular complexity index is 1440. The molecule has 4 heterocycles. The van der Waals surface area contributed by atoms with Crippen LogP contribution in [-0.4, -0.2) is 59.8 Å². The zero-order valence-corrected chi connectivity index (χ0v) is 23.3. The van der Waals surface area contributed by atoms with Crippen molar-refractivity contribution in [3.8, 4) is 0 Å². The molecule has 0 radical (unpaired) electrons. The van der Waals surface area contributed by atoms with Crippen molar-refractivity contribution in [2.45, 2.75) is 83.5 Å².